The molecule has 0 unspecified atom stereocenters. The number of anilines is 1. The highest BCUT2D eigenvalue weighted by molar-refractivity contribution is 6.30. The first-order valence-corrected chi connectivity index (χ1v) is 11.3. The summed E-state index contributed by atoms with van der Waals surface area (Å²) in [6.45, 7) is 12.4. The fourth-order valence-electron chi connectivity index (χ4n) is 2.93. The second kappa shape index (κ2) is 13.2. The molecule has 33 heavy (non-hydrogen) atoms. The molecular weight excluding hydrogens is 448 g/mol. The van der Waals surface area contributed by atoms with E-state index in [0.29, 0.717) is 12.3 Å². The van der Waals surface area contributed by atoms with Gasteiger partial charge in [-0.2, -0.15) is 0 Å². The molecule has 2 heterocycles. The summed E-state index contributed by atoms with van der Waals surface area (Å²) in [6, 6.07) is 9.53. The minimum Gasteiger partial charge on any atom is -0.444 e. The van der Waals surface area contributed by atoms with Crippen LogP contribution in [0.25, 0.3) is 0 Å². The Labute approximate surface area is 199 Å². The highest BCUT2D eigenvalue weighted by atomic mass is 35.5. The molecule has 10 heteroatoms. The zero-order valence-electron chi connectivity index (χ0n) is 19.7. The van der Waals surface area contributed by atoms with Gasteiger partial charge in [0.15, 0.2) is 5.82 Å². The summed E-state index contributed by atoms with van der Waals surface area (Å²) in [4.78, 5) is 25.2. The van der Waals surface area contributed by atoms with Crippen molar-refractivity contribution >= 4 is 29.4 Å². The number of aromatic nitrogens is 1. The van der Waals surface area contributed by atoms with Crippen molar-refractivity contribution in [2.24, 2.45) is 0 Å². The maximum Gasteiger partial charge on any atom is 0.413 e. The maximum atomic E-state index is 11.5. The Morgan fingerprint density at radius 1 is 1.21 bits per heavy atom. The lowest BCUT2D eigenvalue weighted by atomic mass is 10.2. The van der Waals surface area contributed by atoms with Gasteiger partial charge in [-0.05, 0) is 45.4 Å². The van der Waals surface area contributed by atoms with Gasteiger partial charge < -0.3 is 19.3 Å². The number of carbonyl (C=O) groups excluding carboxylic acids is 2. The van der Waals surface area contributed by atoms with Crippen LogP contribution in [0.15, 0.2) is 34.9 Å². The Bertz CT molecular complexity index is 891. The number of amides is 2. The molecule has 0 atom stereocenters. The lowest BCUT2D eigenvalue weighted by molar-refractivity contribution is -0.120. The predicted octanol–water partition coefficient (Wildman–Crippen LogP) is 3.87. The molecular formula is C23H33ClN4O5. The SMILES string of the molecule is CCNC(=O)Cc1cc(NC(=O)OC(C)(C)C)no1.Clc1cccc(CN2CCOCC2)c1. The highest BCUT2D eigenvalue weighted by Crippen LogP contribution is 2.14. The summed E-state index contributed by atoms with van der Waals surface area (Å²) in [7, 11) is 0. The second-order valence-electron chi connectivity index (χ2n) is 8.45. The number of nitrogens with one attached hydrogen (secondary N) is 2. The van der Waals surface area contributed by atoms with Crippen LogP contribution in [0.1, 0.15) is 39.0 Å². The van der Waals surface area contributed by atoms with Crippen molar-refractivity contribution in [1.82, 2.24) is 15.4 Å². The molecule has 1 aliphatic heterocycles. The lowest BCUT2D eigenvalue weighted by Crippen LogP contribution is -2.35. The minimum absolute atomic E-state index is 0.0802. The van der Waals surface area contributed by atoms with E-state index in [-0.39, 0.29) is 18.1 Å². The van der Waals surface area contributed by atoms with Crippen molar-refractivity contribution in [2.45, 2.75) is 46.3 Å². The summed E-state index contributed by atoms with van der Waals surface area (Å²) in [6.07, 6.45) is -0.540. The van der Waals surface area contributed by atoms with Crippen molar-refractivity contribution in [3.8, 4) is 0 Å². The number of ether oxygens (including phenoxy) is 2. The van der Waals surface area contributed by atoms with Gasteiger partial charge >= 0.3 is 6.09 Å². The molecule has 0 radical (unpaired) electrons. The Morgan fingerprint density at radius 2 is 1.94 bits per heavy atom. The number of morpholine rings is 1. The van der Waals surface area contributed by atoms with E-state index in [9.17, 15) is 9.59 Å². The molecule has 0 saturated carbocycles. The topological polar surface area (TPSA) is 106 Å². The fourth-order valence-corrected chi connectivity index (χ4v) is 3.15. The Kier molecular flexibility index (Phi) is 10.6. The molecule has 1 aromatic carbocycles. The van der Waals surface area contributed by atoms with Gasteiger partial charge in [-0.1, -0.05) is 28.9 Å². The number of halogens is 1. The molecule has 2 aromatic rings. The van der Waals surface area contributed by atoms with Crippen LogP contribution in [-0.2, 0) is 27.2 Å². The van der Waals surface area contributed by atoms with E-state index in [1.54, 1.807) is 20.8 Å². The van der Waals surface area contributed by atoms with Gasteiger partial charge in [0.25, 0.3) is 0 Å². The molecule has 2 N–H and O–H groups in total. The number of rotatable bonds is 6. The van der Waals surface area contributed by atoms with Crippen LogP contribution in [-0.4, -0.2) is 60.5 Å². The molecule has 2 amide bonds. The third-order valence-corrected chi connectivity index (χ3v) is 4.53. The molecule has 0 spiro atoms. The lowest BCUT2D eigenvalue weighted by Gasteiger charge is -2.26. The summed E-state index contributed by atoms with van der Waals surface area (Å²) in [5.74, 6) is 0.424. The summed E-state index contributed by atoms with van der Waals surface area (Å²) >= 11 is 5.92. The molecule has 3 rings (SSSR count). The summed E-state index contributed by atoms with van der Waals surface area (Å²) in [5, 5.41) is 9.51. The highest BCUT2D eigenvalue weighted by Gasteiger charge is 2.18. The third kappa shape index (κ3) is 11.2. The zero-order valence-corrected chi connectivity index (χ0v) is 20.4. The Balaban J connectivity index is 0.000000243. The Hall–Kier alpha value is -2.62. The average Bonchev–Trinajstić information content (AvgIpc) is 3.14. The minimum atomic E-state index is -0.620. The molecule has 1 aromatic heterocycles. The predicted molar refractivity (Wildman–Crippen MR) is 126 cm³/mol. The Morgan fingerprint density at radius 3 is 2.58 bits per heavy atom. The van der Waals surface area contributed by atoms with Gasteiger partial charge in [0.05, 0.1) is 19.6 Å². The first kappa shape index (κ1) is 26.6. The van der Waals surface area contributed by atoms with Crippen LogP contribution >= 0.6 is 11.6 Å². The maximum absolute atomic E-state index is 11.5. The summed E-state index contributed by atoms with van der Waals surface area (Å²) in [5.41, 5.74) is 0.692. The smallest absolute Gasteiger partial charge is 0.413 e. The average molecular weight is 481 g/mol. The van der Waals surface area contributed by atoms with Crippen LogP contribution in [0, 0.1) is 0 Å². The van der Waals surface area contributed by atoms with Crippen LogP contribution in [0.2, 0.25) is 5.02 Å². The number of carbonyl (C=O) groups is 2. The largest absolute Gasteiger partial charge is 0.444 e. The molecule has 1 saturated heterocycles. The van der Waals surface area contributed by atoms with E-state index in [0.717, 1.165) is 37.9 Å². The van der Waals surface area contributed by atoms with Gasteiger partial charge in [0.1, 0.15) is 11.4 Å². The van der Waals surface area contributed by atoms with Gasteiger partial charge in [-0.25, -0.2) is 4.79 Å². The third-order valence-electron chi connectivity index (χ3n) is 4.30. The van der Waals surface area contributed by atoms with Crippen LogP contribution in [0.5, 0.6) is 0 Å². The van der Waals surface area contributed by atoms with E-state index in [4.69, 9.17) is 25.6 Å². The number of benzene rings is 1. The van der Waals surface area contributed by atoms with Crippen LogP contribution in [0.4, 0.5) is 10.6 Å². The van der Waals surface area contributed by atoms with E-state index < -0.39 is 11.7 Å². The van der Waals surface area contributed by atoms with E-state index in [1.807, 2.05) is 25.1 Å². The van der Waals surface area contributed by atoms with E-state index in [2.05, 4.69) is 26.8 Å². The molecule has 0 bridgehead atoms. The normalized spacial score (nSPS) is 14.1. The monoisotopic (exact) mass is 480 g/mol. The molecule has 1 fully saturated rings. The van der Waals surface area contributed by atoms with Crippen LogP contribution < -0.4 is 10.6 Å². The molecule has 0 aliphatic carbocycles. The van der Waals surface area contributed by atoms with Crippen molar-refractivity contribution < 1.29 is 23.6 Å². The zero-order chi connectivity index (χ0) is 24.3. The number of nitrogens with zero attached hydrogens (tertiary/aromatic N) is 2. The van der Waals surface area contributed by atoms with Gasteiger partial charge in [-0.3, -0.25) is 15.0 Å². The molecule has 1 aliphatic rings. The van der Waals surface area contributed by atoms with E-state index in [1.165, 1.54) is 11.6 Å². The second-order valence-corrected chi connectivity index (χ2v) is 8.89. The van der Waals surface area contributed by atoms with Crippen molar-refractivity contribution in [3.63, 3.8) is 0 Å². The summed E-state index contributed by atoms with van der Waals surface area (Å²) < 4.78 is 15.3. The molecule has 9 nitrogen and oxygen atoms in total. The fraction of sp³-hybridized carbons (Fsp3) is 0.522. The number of likely N-dealkylation sites (N-methyl/N-ethyl adjacent to an activating group) is 1. The number of hydrogen-bond acceptors (Lipinski definition) is 7. The van der Waals surface area contributed by atoms with Crippen LogP contribution in [0.3, 0.4) is 0 Å². The quantitative estimate of drug-likeness (QED) is 0.646. The van der Waals surface area contributed by atoms with Crippen molar-refractivity contribution in [2.75, 3.05) is 38.2 Å². The van der Waals surface area contributed by atoms with Crippen molar-refractivity contribution in [3.05, 3.63) is 46.7 Å². The van der Waals surface area contributed by atoms with Gasteiger partial charge in [0, 0.05) is 37.3 Å². The van der Waals surface area contributed by atoms with E-state index >= 15 is 0 Å². The van der Waals surface area contributed by atoms with Gasteiger partial charge in [-0.15, -0.1) is 0 Å². The van der Waals surface area contributed by atoms with Gasteiger partial charge in [0.2, 0.25) is 5.91 Å². The molecule has 182 valence electrons. The first-order valence-electron chi connectivity index (χ1n) is 10.9. The first-order chi connectivity index (χ1) is 15.6. The standard InChI is InChI=1S/C12H19N3O4.C11H14ClNO/c1-5-13-10(16)7-8-6-9(15-19-8)14-11(17)18-12(2,3)4;12-11-3-1-2-10(8-11)9-13-4-6-14-7-5-13/h6H,5,7H2,1-4H3,(H,13,16)(H,14,15,17);1-3,8H,4-7,9H2. The van der Waals surface area contributed by atoms with Crippen molar-refractivity contribution in [1.29, 1.82) is 0 Å². The number of hydrogen-bond donors (Lipinski definition) is 2.